The Hall–Kier alpha value is -2.83. The van der Waals surface area contributed by atoms with Crippen LogP contribution in [0.1, 0.15) is 42.5 Å². The highest BCUT2D eigenvalue weighted by Gasteiger charge is 2.49. The molecule has 168 valence electrons. The van der Waals surface area contributed by atoms with Crippen LogP contribution < -0.4 is 0 Å². The van der Waals surface area contributed by atoms with Gasteiger partial charge in [0.1, 0.15) is 11.9 Å². The molecular weight excluding hydrogens is 449 g/mol. The van der Waals surface area contributed by atoms with Gasteiger partial charge in [-0.2, -0.15) is 13.1 Å². The van der Waals surface area contributed by atoms with E-state index in [4.69, 9.17) is 4.42 Å². The first-order valence-corrected chi connectivity index (χ1v) is 11.3. The summed E-state index contributed by atoms with van der Waals surface area (Å²) in [7, 11) is -4.02. The molecule has 0 saturated heterocycles. The minimum atomic E-state index is -4.02. The average molecular weight is 466 g/mol. The third kappa shape index (κ3) is 3.57. The van der Waals surface area contributed by atoms with Gasteiger partial charge in [-0.3, -0.25) is 4.98 Å². The molecule has 0 radical (unpaired) electrons. The number of hydrogen-bond donors (Lipinski definition) is 1. The molecule has 3 aromatic rings. The molecule has 0 amide bonds. The van der Waals surface area contributed by atoms with Crippen LogP contribution in [-0.4, -0.2) is 39.1 Å². The molecule has 0 bridgehead atoms. The first-order chi connectivity index (χ1) is 15.3. The Bertz CT molecular complexity index is 1260. The summed E-state index contributed by atoms with van der Waals surface area (Å²) in [4.78, 5) is 3.90. The zero-order valence-electron chi connectivity index (χ0n) is 16.4. The molecule has 2 aromatic heterocycles. The molecule has 32 heavy (non-hydrogen) atoms. The Morgan fingerprint density at radius 1 is 1.16 bits per heavy atom. The van der Waals surface area contributed by atoms with Crippen molar-refractivity contribution < 1.29 is 31.1 Å². The maximum atomic E-state index is 13.4. The molecule has 3 heterocycles. The molecule has 1 fully saturated rings. The lowest BCUT2D eigenvalue weighted by Gasteiger charge is -2.30. The van der Waals surface area contributed by atoms with Crippen molar-refractivity contribution in [3.8, 4) is 11.5 Å². The summed E-state index contributed by atoms with van der Waals surface area (Å²) >= 11 is 0. The number of hydrogen-bond acceptors (Lipinski definition) is 7. The van der Waals surface area contributed by atoms with Crippen LogP contribution in [-0.2, 0) is 16.6 Å². The molecule has 2 aliphatic rings. The van der Waals surface area contributed by atoms with Crippen LogP contribution in [0.2, 0.25) is 0 Å². The van der Waals surface area contributed by atoms with Gasteiger partial charge in [0.15, 0.2) is 0 Å². The van der Waals surface area contributed by atoms with E-state index in [2.05, 4.69) is 15.2 Å². The first-order valence-electron chi connectivity index (χ1n) is 9.82. The molecule has 8 nitrogen and oxygen atoms in total. The van der Waals surface area contributed by atoms with Crippen LogP contribution in [0.4, 0.5) is 13.2 Å². The Morgan fingerprint density at radius 3 is 2.56 bits per heavy atom. The smallest absolute Gasteiger partial charge is 0.314 e. The second-order valence-electron chi connectivity index (χ2n) is 7.79. The lowest BCUT2D eigenvalue weighted by atomic mass is 10.0. The average Bonchev–Trinajstić information content (AvgIpc) is 3.40. The molecule has 1 aliphatic carbocycles. The van der Waals surface area contributed by atoms with Gasteiger partial charge in [-0.25, -0.2) is 12.8 Å². The Balaban J connectivity index is 1.49. The predicted octanol–water partition coefficient (Wildman–Crippen LogP) is 3.22. The van der Waals surface area contributed by atoms with Crippen molar-refractivity contribution in [1.82, 2.24) is 19.5 Å². The van der Waals surface area contributed by atoms with Crippen LogP contribution in [0.3, 0.4) is 0 Å². The number of aromatic nitrogens is 3. The number of halogens is 3. The molecule has 2 unspecified atom stereocenters. The minimum Gasteiger partial charge on any atom is -0.415 e. The van der Waals surface area contributed by atoms with E-state index in [1.165, 1.54) is 22.5 Å². The number of fused-ring (bicyclic) bond motifs is 1. The highest BCUT2D eigenvalue weighted by Crippen LogP contribution is 2.46. The third-order valence-corrected chi connectivity index (χ3v) is 7.59. The Kier molecular flexibility index (Phi) is 5.02. The molecule has 12 heteroatoms. The van der Waals surface area contributed by atoms with Gasteiger partial charge in [0.25, 0.3) is 5.89 Å². The molecule has 1 aliphatic heterocycles. The van der Waals surface area contributed by atoms with Crippen LogP contribution in [0.25, 0.3) is 11.5 Å². The second-order valence-corrected chi connectivity index (χ2v) is 9.65. The van der Waals surface area contributed by atoms with Crippen molar-refractivity contribution in [2.75, 3.05) is 0 Å². The monoisotopic (exact) mass is 466 g/mol. The van der Waals surface area contributed by atoms with E-state index < -0.39 is 40.3 Å². The molecule has 1 aromatic carbocycles. The van der Waals surface area contributed by atoms with Crippen molar-refractivity contribution >= 4 is 10.0 Å². The van der Waals surface area contributed by atoms with Crippen molar-refractivity contribution in [3.05, 3.63) is 59.5 Å². The van der Waals surface area contributed by atoms with E-state index >= 15 is 0 Å². The van der Waals surface area contributed by atoms with E-state index in [-0.39, 0.29) is 34.5 Å². The fraction of sp³-hybridized carbons (Fsp3) is 0.350. The normalized spacial score (nSPS) is 19.8. The fourth-order valence-corrected chi connectivity index (χ4v) is 5.88. The van der Waals surface area contributed by atoms with Crippen LogP contribution >= 0.6 is 0 Å². The summed E-state index contributed by atoms with van der Waals surface area (Å²) < 4.78 is 71.7. The van der Waals surface area contributed by atoms with E-state index in [1.54, 1.807) is 6.07 Å². The summed E-state index contributed by atoms with van der Waals surface area (Å²) in [6.45, 7) is 0.0312. The fourth-order valence-electron chi connectivity index (χ4n) is 3.97. The van der Waals surface area contributed by atoms with Crippen molar-refractivity contribution in [2.45, 2.75) is 42.9 Å². The van der Waals surface area contributed by atoms with Crippen LogP contribution in [0.15, 0.2) is 45.8 Å². The highest BCUT2D eigenvalue weighted by atomic mass is 32.2. The summed E-state index contributed by atoms with van der Waals surface area (Å²) in [6, 6.07) is 6.10. The Labute approximate surface area is 180 Å². The zero-order valence-corrected chi connectivity index (χ0v) is 17.2. The predicted molar refractivity (Wildman–Crippen MR) is 103 cm³/mol. The van der Waals surface area contributed by atoms with Crippen LogP contribution in [0, 0.1) is 11.7 Å². The number of benzene rings is 1. The zero-order chi connectivity index (χ0) is 22.6. The van der Waals surface area contributed by atoms with Gasteiger partial charge in [-0.05, 0) is 48.6 Å². The maximum Gasteiger partial charge on any atom is 0.314 e. The van der Waals surface area contributed by atoms with E-state index in [1.807, 2.05) is 0 Å². The number of pyridine rings is 1. The lowest BCUT2D eigenvalue weighted by molar-refractivity contribution is 0.0729. The second kappa shape index (κ2) is 7.64. The number of alkyl halides is 2. The van der Waals surface area contributed by atoms with Crippen molar-refractivity contribution in [2.24, 2.45) is 5.92 Å². The number of rotatable bonds is 6. The quantitative estimate of drug-likeness (QED) is 0.594. The van der Waals surface area contributed by atoms with E-state index in [0.29, 0.717) is 5.56 Å². The minimum absolute atomic E-state index is 0.0169. The molecule has 0 spiro atoms. The Morgan fingerprint density at radius 2 is 1.94 bits per heavy atom. The van der Waals surface area contributed by atoms with Crippen molar-refractivity contribution in [1.29, 1.82) is 0 Å². The van der Waals surface area contributed by atoms with E-state index in [9.17, 15) is 26.7 Å². The SMILES string of the molecule is O=S1(=O)c2cc(-c3nnc(C(F)F)o3)ccc2CN1C(C1CC1)C(O)c1ccc(F)cn1. The van der Waals surface area contributed by atoms with Gasteiger partial charge in [-0.15, -0.1) is 10.2 Å². The summed E-state index contributed by atoms with van der Waals surface area (Å²) in [5, 5.41) is 17.8. The molecule has 1 N–H and O–H groups in total. The maximum absolute atomic E-state index is 13.4. The number of nitrogens with zero attached hydrogens (tertiary/aromatic N) is 4. The standard InChI is InChI=1S/C20H17F3N4O4S/c21-13-5-6-14(24-8-13)17(28)16(10-1-2-10)27-9-12-4-3-11(7-15(12)32(27,29)30)19-25-26-20(31-19)18(22)23/h3-8,10,16-18,28H,1-2,9H2. The van der Waals surface area contributed by atoms with Gasteiger partial charge >= 0.3 is 6.43 Å². The molecular formula is C20H17F3N4O4S. The highest BCUT2D eigenvalue weighted by molar-refractivity contribution is 7.89. The third-order valence-electron chi connectivity index (χ3n) is 5.67. The number of sulfonamides is 1. The van der Waals surface area contributed by atoms with Gasteiger partial charge in [0.05, 0.1) is 22.8 Å². The number of aliphatic hydroxyl groups is 1. The molecule has 1 saturated carbocycles. The van der Waals surface area contributed by atoms with E-state index in [0.717, 1.165) is 25.1 Å². The van der Waals surface area contributed by atoms with Gasteiger partial charge in [-0.1, -0.05) is 6.07 Å². The largest absolute Gasteiger partial charge is 0.415 e. The number of aliphatic hydroxyl groups excluding tert-OH is 1. The van der Waals surface area contributed by atoms with Gasteiger partial charge in [0.2, 0.25) is 15.9 Å². The molecule has 5 rings (SSSR count). The summed E-state index contributed by atoms with van der Waals surface area (Å²) in [6.07, 6.45) is -1.72. The van der Waals surface area contributed by atoms with Gasteiger partial charge in [0, 0.05) is 12.1 Å². The summed E-state index contributed by atoms with van der Waals surface area (Å²) in [5.74, 6) is -1.70. The topological polar surface area (TPSA) is 109 Å². The lowest BCUT2D eigenvalue weighted by Crippen LogP contribution is -2.41. The van der Waals surface area contributed by atoms with Gasteiger partial charge < -0.3 is 9.52 Å². The summed E-state index contributed by atoms with van der Waals surface area (Å²) in [5.41, 5.74) is 0.866. The first kappa shape index (κ1) is 21.0. The van der Waals surface area contributed by atoms with Crippen LogP contribution in [0.5, 0.6) is 0 Å². The van der Waals surface area contributed by atoms with Crippen molar-refractivity contribution in [3.63, 3.8) is 0 Å². The molecule has 2 atom stereocenters.